The Hall–Kier alpha value is -0.930. The first-order valence-electron chi connectivity index (χ1n) is 7.27. The molecule has 0 aromatic carbocycles. The van der Waals surface area contributed by atoms with E-state index in [9.17, 15) is 15.0 Å². The van der Waals surface area contributed by atoms with Gasteiger partial charge in [0, 0.05) is 31.9 Å². The van der Waals surface area contributed by atoms with Crippen molar-refractivity contribution >= 4 is 15.9 Å². The maximum atomic E-state index is 12.4. The van der Waals surface area contributed by atoms with Gasteiger partial charge >= 0.3 is 0 Å². The molecule has 0 bridgehead atoms. The number of ether oxygens (including phenoxy) is 3. The number of nitrogens with zero attached hydrogens (tertiary/aromatic N) is 1. The standard InChI is InChI=1S/C15H22BrNO6/c1-15(4-5-18)10(19)7-17-6-9(16)12(20)13(22-3)11(17)14(15)23-8-21-2/h6,10,14,18-19H,4-5,7-8H2,1-3H3. The summed E-state index contributed by atoms with van der Waals surface area (Å²) < 4.78 is 18.2. The molecule has 3 atom stereocenters. The van der Waals surface area contributed by atoms with Gasteiger partial charge in [-0.15, -0.1) is 0 Å². The van der Waals surface area contributed by atoms with E-state index in [0.717, 1.165) is 0 Å². The summed E-state index contributed by atoms with van der Waals surface area (Å²) in [6.45, 7) is 1.98. The van der Waals surface area contributed by atoms with Crippen LogP contribution in [-0.2, 0) is 16.0 Å². The summed E-state index contributed by atoms with van der Waals surface area (Å²) in [4.78, 5) is 12.4. The quantitative estimate of drug-likeness (QED) is 0.704. The lowest BCUT2D eigenvalue weighted by atomic mass is 9.72. The SMILES string of the molecule is COCOC1c2c(OC)c(=O)c(Br)cn2CC(O)C1(C)CCO. The number of fused-ring (bicyclic) bond motifs is 1. The van der Waals surface area contributed by atoms with Crippen molar-refractivity contribution in [1.82, 2.24) is 4.57 Å². The van der Waals surface area contributed by atoms with Crippen LogP contribution in [0.4, 0.5) is 0 Å². The molecule has 1 aliphatic rings. The highest BCUT2D eigenvalue weighted by Gasteiger charge is 2.48. The minimum Gasteiger partial charge on any atom is -0.491 e. The Morgan fingerprint density at radius 3 is 2.74 bits per heavy atom. The zero-order chi connectivity index (χ0) is 17.2. The molecule has 23 heavy (non-hydrogen) atoms. The summed E-state index contributed by atoms with van der Waals surface area (Å²) in [7, 11) is 2.92. The molecule has 1 aliphatic heterocycles. The highest BCUT2D eigenvalue weighted by molar-refractivity contribution is 9.10. The van der Waals surface area contributed by atoms with Crippen LogP contribution in [0.5, 0.6) is 5.75 Å². The minimum absolute atomic E-state index is 0.00812. The van der Waals surface area contributed by atoms with Gasteiger partial charge in [0.15, 0.2) is 5.75 Å². The molecule has 3 unspecified atom stereocenters. The normalized spacial score (nSPS) is 26.9. The lowest BCUT2D eigenvalue weighted by Crippen LogP contribution is -2.48. The average Bonchev–Trinajstić information content (AvgIpc) is 2.51. The van der Waals surface area contributed by atoms with Crippen LogP contribution in [0, 0.1) is 5.41 Å². The lowest BCUT2D eigenvalue weighted by molar-refractivity contribution is -0.169. The molecule has 0 amide bonds. The van der Waals surface area contributed by atoms with Crippen LogP contribution in [0.3, 0.4) is 0 Å². The molecular formula is C15H22BrNO6. The topological polar surface area (TPSA) is 90.2 Å². The molecule has 0 radical (unpaired) electrons. The molecule has 0 aliphatic carbocycles. The number of aromatic nitrogens is 1. The molecule has 7 nitrogen and oxygen atoms in total. The summed E-state index contributed by atoms with van der Waals surface area (Å²) in [5, 5.41) is 20.0. The highest BCUT2D eigenvalue weighted by atomic mass is 79.9. The average molecular weight is 392 g/mol. The van der Waals surface area contributed by atoms with Crippen LogP contribution in [-0.4, -0.2) is 48.5 Å². The summed E-state index contributed by atoms with van der Waals surface area (Å²) >= 11 is 3.22. The van der Waals surface area contributed by atoms with E-state index in [1.807, 2.05) is 6.92 Å². The van der Waals surface area contributed by atoms with Gasteiger partial charge in [0.05, 0.1) is 23.4 Å². The van der Waals surface area contributed by atoms with E-state index in [4.69, 9.17) is 14.2 Å². The van der Waals surface area contributed by atoms with Crippen LogP contribution in [0.1, 0.15) is 25.1 Å². The second kappa shape index (κ2) is 7.31. The van der Waals surface area contributed by atoms with E-state index < -0.39 is 17.6 Å². The predicted molar refractivity (Wildman–Crippen MR) is 86.5 cm³/mol. The fourth-order valence-electron chi connectivity index (χ4n) is 3.06. The number of aliphatic hydroxyl groups is 2. The van der Waals surface area contributed by atoms with Crippen LogP contribution >= 0.6 is 15.9 Å². The smallest absolute Gasteiger partial charge is 0.237 e. The third-order valence-electron chi connectivity index (χ3n) is 4.42. The number of halogens is 1. The van der Waals surface area contributed by atoms with Crippen molar-refractivity contribution in [2.45, 2.75) is 32.1 Å². The van der Waals surface area contributed by atoms with E-state index in [1.165, 1.54) is 14.2 Å². The molecule has 130 valence electrons. The zero-order valence-electron chi connectivity index (χ0n) is 13.4. The van der Waals surface area contributed by atoms with Crippen molar-refractivity contribution in [1.29, 1.82) is 0 Å². The number of rotatable bonds is 6. The van der Waals surface area contributed by atoms with Crippen LogP contribution in [0.25, 0.3) is 0 Å². The number of pyridine rings is 1. The molecule has 2 N–H and O–H groups in total. The molecule has 2 heterocycles. The molecule has 0 saturated carbocycles. The Morgan fingerprint density at radius 2 is 2.17 bits per heavy atom. The molecule has 2 rings (SSSR count). The maximum absolute atomic E-state index is 12.4. The van der Waals surface area contributed by atoms with Gasteiger partial charge < -0.3 is 29.0 Å². The van der Waals surface area contributed by atoms with Gasteiger partial charge in [-0.05, 0) is 22.4 Å². The fraction of sp³-hybridized carbons (Fsp3) is 0.667. The Balaban J connectivity index is 2.66. The molecule has 1 aromatic heterocycles. The molecular weight excluding hydrogens is 370 g/mol. The number of hydrogen-bond acceptors (Lipinski definition) is 6. The largest absolute Gasteiger partial charge is 0.491 e. The molecule has 0 spiro atoms. The second-order valence-corrected chi connectivity index (χ2v) is 6.68. The monoisotopic (exact) mass is 391 g/mol. The summed E-state index contributed by atoms with van der Waals surface area (Å²) in [5.74, 6) is 0.163. The zero-order valence-corrected chi connectivity index (χ0v) is 15.0. The second-order valence-electron chi connectivity index (χ2n) is 5.83. The first kappa shape index (κ1) is 18.4. The van der Waals surface area contributed by atoms with Crippen molar-refractivity contribution in [3.05, 3.63) is 26.6 Å². The molecule has 1 aromatic rings. The first-order chi connectivity index (χ1) is 10.9. The summed E-state index contributed by atoms with van der Waals surface area (Å²) in [6, 6.07) is 0. The fourth-order valence-corrected chi connectivity index (χ4v) is 3.49. The third-order valence-corrected chi connectivity index (χ3v) is 4.98. The van der Waals surface area contributed by atoms with Gasteiger partial charge in [0.2, 0.25) is 5.43 Å². The number of methoxy groups -OCH3 is 2. The Kier molecular flexibility index (Phi) is 5.85. The molecule has 0 saturated heterocycles. The van der Waals surface area contributed by atoms with Crippen molar-refractivity contribution in [3.8, 4) is 5.75 Å². The van der Waals surface area contributed by atoms with Gasteiger partial charge in [-0.1, -0.05) is 6.92 Å². The van der Waals surface area contributed by atoms with E-state index in [1.54, 1.807) is 10.8 Å². The number of hydrogen-bond donors (Lipinski definition) is 2. The Bertz CT molecular complexity index is 619. The molecule has 0 fully saturated rings. The number of aliphatic hydroxyl groups excluding tert-OH is 2. The van der Waals surface area contributed by atoms with Gasteiger partial charge in [0.1, 0.15) is 12.9 Å². The predicted octanol–water partition coefficient (Wildman–Crippen LogP) is 1.04. The highest BCUT2D eigenvalue weighted by Crippen LogP contribution is 2.48. The van der Waals surface area contributed by atoms with Crippen LogP contribution in [0.2, 0.25) is 0 Å². The third kappa shape index (κ3) is 3.18. The van der Waals surface area contributed by atoms with E-state index in [2.05, 4.69) is 15.9 Å². The minimum atomic E-state index is -0.777. The van der Waals surface area contributed by atoms with Crippen molar-refractivity contribution < 1.29 is 24.4 Å². The summed E-state index contributed by atoms with van der Waals surface area (Å²) in [5.41, 5.74) is -0.521. The van der Waals surface area contributed by atoms with Gasteiger partial charge in [-0.25, -0.2) is 0 Å². The van der Waals surface area contributed by atoms with Crippen molar-refractivity contribution in [2.75, 3.05) is 27.6 Å². The van der Waals surface area contributed by atoms with Crippen molar-refractivity contribution in [3.63, 3.8) is 0 Å². The van der Waals surface area contributed by atoms with Crippen LogP contribution < -0.4 is 10.2 Å². The first-order valence-corrected chi connectivity index (χ1v) is 8.06. The lowest BCUT2D eigenvalue weighted by Gasteiger charge is -2.46. The van der Waals surface area contributed by atoms with E-state index in [0.29, 0.717) is 16.6 Å². The van der Waals surface area contributed by atoms with Gasteiger partial charge in [0.25, 0.3) is 0 Å². The van der Waals surface area contributed by atoms with Gasteiger partial charge in [-0.2, -0.15) is 0 Å². The van der Waals surface area contributed by atoms with Crippen molar-refractivity contribution in [2.24, 2.45) is 5.41 Å². The van der Waals surface area contributed by atoms with E-state index >= 15 is 0 Å². The van der Waals surface area contributed by atoms with E-state index in [-0.39, 0.29) is 31.1 Å². The van der Waals surface area contributed by atoms with Crippen LogP contribution in [0.15, 0.2) is 15.5 Å². The molecule has 8 heteroatoms. The Labute approximate surface area is 142 Å². The van der Waals surface area contributed by atoms with Gasteiger partial charge in [-0.3, -0.25) is 4.79 Å². The maximum Gasteiger partial charge on any atom is 0.237 e. The Morgan fingerprint density at radius 1 is 1.48 bits per heavy atom. The summed E-state index contributed by atoms with van der Waals surface area (Å²) in [6.07, 6.45) is 0.512.